The minimum absolute atomic E-state index is 0.178. The van der Waals surface area contributed by atoms with E-state index in [9.17, 15) is 0 Å². The van der Waals surface area contributed by atoms with Crippen LogP contribution in [0.2, 0.25) is 0 Å². The van der Waals surface area contributed by atoms with Crippen LogP contribution in [0.15, 0.2) is 18.3 Å². The molecular formula is C16H26N2O. The number of nitrogens with two attached hydrogens (primary N) is 1. The topological polar surface area (TPSA) is 48.1 Å². The van der Waals surface area contributed by atoms with Crippen molar-refractivity contribution in [3.8, 4) is 5.75 Å². The van der Waals surface area contributed by atoms with Gasteiger partial charge in [-0.15, -0.1) is 0 Å². The number of hydrogen-bond donors (Lipinski definition) is 1. The van der Waals surface area contributed by atoms with Gasteiger partial charge in [-0.1, -0.05) is 33.6 Å². The first-order valence-electron chi connectivity index (χ1n) is 7.18. The van der Waals surface area contributed by atoms with Gasteiger partial charge in [0, 0.05) is 6.20 Å². The van der Waals surface area contributed by atoms with Gasteiger partial charge in [0.1, 0.15) is 11.4 Å². The van der Waals surface area contributed by atoms with Crippen molar-refractivity contribution >= 4 is 0 Å². The SMILES string of the molecule is COc1cccnc1C1(N)CCCCC1C(C)(C)C. The lowest BCUT2D eigenvalue weighted by atomic mass is 9.61. The fraction of sp³-hybridized carbons (Fsp3) is 0.688. The van der Waals surface area contributed by atoms with Gasteiger partial charge in [0.15, 0.2) is 0 Å². The molecule has 2 rings (SSSR count). The van der Waals surface area contributed by atoms with E-state index in [0.717, 1.165) is 17.9 Å². The molecule has 3 heteroatoms. The van der Waals surface area contributed by atoms with E-state index in [2.05, 4.69) is 25.8 Å². The molecule has 2 N–H and O–H groups in total. The molecule has 0 amide bonds. The maximum atomic E-state index is 6.84. The van der Waals surface area contributed by atoms with Crippen LogP contribution < -0.4 is 10.5 Å². The van der Waals surface area contributed by atoms with Crippen LogP contribution in [0.1, 0.15) is 52.1 Å². The molecule has 1 fully saturated rings. The predicted molar refractivity (Wildman–Crippen MR) is 78.1 cm³/mol. The third-order valence-electron chi connectivity index (χ3n) is 4.43. The quantitative estimate of drug-likeness (QED) is 0.887. The zero-order chi connectivity index (χ0) is 14.1. The van der Waals surface area contributed by atoms with Gasteiger partial charge >= 0.3 is 0 Å². The van der Waals surface area contributed by atoms with Crippen LogP contribution in [0.3, 0.4) is 0 Å². The van der Waals surface area contributed by atoms with Crippen molar-refractivity contribution < 1.29 is 4.74 Å². The molecule has 0 bridgehead atoms. The fourth-order valence-electron chi connectivity index (χ4n) is 3.59. The molecule has 0 saturated heterocycles. The van der Waals surface area contributed by atoms with E-state index in [1.165, 1.54) is 19.3 Å². The van der Waals surface area contributed by atoms with Crippen LogP contribution in [0.25, 0.3) is 0 Å². The second kappa shape index (κ2) is 5.12. The molecule has 2 unspecified atom stereocenters. The summed E-state index contributed by atoms with van der Waals surface area (Å²) < 4.78 is 5.48. The third kappa shape index (κ3) is 2.62. The molecule has 1 saturated carbocycles. The van der Waals surface area contributed by atoms with E-state index in [1.807, 2.05) is 18.3 Å². The number of nitrogens with zero attached hydrogens (tertiary/aromatic N) is 1. The largest absolute Gasteiger partial charge is 0.495 e. The van der Waals surface area contributed by atoms with E-state index >= 15 is 0 Å². The smallest absolute Gasteiger partial charge is 0.142 e. The highest BCUT2D eigenvalue weighted by atomic mass is 16.5. The Balaban J connectivity index is 2.48. The summed E-state index contributed by atoms with van der Waals surface area (Å²) in [6.45, 7) is 6.83. The molecule has 106 valence electrons. The molecule has 3 nitrogen and oxygen atoms in total. The van der Waals surface area contributed by atoms with Crippen molar-refractivity contribution in [2.24, 2.45) is 17.1 Å². The Morgan fingerprint density at radius 3 is 2.74 bits per heavy atom. The molecule has 1 aliphatic rings. The van der Waals surface area contributed by atoms with Gasteiger partial charge in [0.05, 0.1) is 12.6 Å². The van der Waals surface area contributed by atoms with Gasteiger partial charge in [0.25, 0.3) is 0 Å². The van der Waals surface area contributed by atoms with Crippen LogP contribution in [0, 0.1) is 11.3 Å². The number of hydrogen-bond acceptors (Lipinski definition) is 3. The Hall–Kier alpha value is -1.09. The molecule has 1 heterocycles. The standard InChI is InChI=1S/C16H26N2O/c1-15(2,3)13-9-5-6-10-16(13,17)14-12(19-4)8-7-11-18-14/h7-8,11,13H,5-6,9-10,17H2,1-4H3. The minimum Gasteiger partial charge on any atom is -0.495 e. The molecule has 0 aliphatic heterocycles. The number of methoxy groups -OCH3 is 1. The molecule has 0 aromatic carbocycles. The van der Waals surface area contributed by atoms with Gasteiger partial charge in [-0.3, -0.25) is 4.98 Å². The zero-order valence-corrected chi connectivity index (χ0v) is 12.6. The number of rotatable bonds is 2. The molecule has 2 atom stereocenters. The minimum atomic E-state index is -0.372. The molecular weight excluding hydrogens is 236 g/mol. The number of pyridine rings is 1. The van der Waals surface area contributed by atoms with Gasteiger partial charge in [-0.05, 0) is 36.3 Å². The summed E-state index contributed by atoms with van der Waals surface area (Å²) in [6, 6.07) is 3.87. The predicted octanol–water partition coefficient (Wildman–Crippen LogP) is 3.48. The Labute approximate surface area is 116 Å². The number of ether oxygens (including phenoxy) is 1. The Morgan fingerprint density at radius 2 is 2.11 bits per heavy atom. The summed E-state index contributed by atoms with van der Waals surface area (Å²) in [5.41, 5.74) is 7.58. The molecule has 1 aliphatic carbocycles. The van der Waals surface area contributed by atoms with E-state index in [1.54, 1.807) is 7.11 Å². The highest BCUT2D eigenvalue weighted by Crippen LogP contribution is 2.49. The highest BCUT2D eigenvalue weighted by Gasteiger charge is 2.46. The Morgan fingerprint density at radius 1 is 1.37 bits per heavy atom. The highest BCUT2D eigenvalue weighted by molar-refractivity contribution is 5.34. The van der Waals surface area contributed by atoms with Crippen molar-refractivity contribution in [1.29, 1.82) is 0 Å². The first-order chi connectivity index (χ1) is 8.89. The van der Waals surface area contributed by atoms with Crippen LogP contribution in [0.5, 0.6) is 5.75 Å². The van der Waals surface area contributed by atoms with E-state index in [4.69, 9.17) is 10.5 Å². The number of aromatic nitrogens is 1. The lowest BCUT2D eigenvalue weighted by Gasteiger charge is -2.47. The Kier molecular flexibility index (Phi) is 3.86. The zero-order valence-electron chi connectivity index (χ0n) is 12.6. The van der Waals surface area contributed by atoms with Crippen molar-refractivity contribution in [2.75, 3.05) is 7.11 Å². The molecule has 0 spiro atoms. The van der Waals surface area contributed by atoms with Gasteiger partial charge in [-0.25, -0.2) is 0 Å². The van der Waals surface area contributed by atoms with Crippen LogP contribution in [-0.4, -0.2) is 12.1 Å². The summed E-state index contributed by atoms with van der Waals surface area (Å²) in [7, 11) is 1.69. The van der Waals surface area contributed by atoms with Crippen molar-refractivity contribution in [3.05, 3.63) is 24.0 Å². The summed E-state index contributed by atoms with van der Waals surface area (Å²) >= 11 is 0. The van der Waals surface area contributed by atoms with E-state index in [0.29, 0.717) is 5.92 Å². The monoisotopic (exact) mass is 262 g/mol. The third-order valence-corrected chi connectivity index (χ3v) is 4.43. The molecule has 1 aromatic rings. The van der Waals surface area contributed by atoms with Gasteiger partial charge in [-0.2, -0.15) is 0 Å². The van der Waals surface area contributed by atoms with Crippen molar-refractivity contribution in [2.45, 2.75) is 52.0 Å². The fourth-order valence-corrected chi connectivity index (χ4v) is 3.59. The summed E-state index contributed by atoms with van der Waals surface area (Å²) in [4.78, 5) is 4.56. The first-order valence-corrected chi connectivity index (χ1v) is 7.18. The van der Waals surface area contributed by atoms with E-state index < -0.39 is 0 Å². The van der Waals surface area contributed by atoms with Crippen LogP contribution in [0.4, 0.5) is 0 Å². The summed E-state index contributed by atoms with van der Waals surface area (Å²) in [5, 5.41) is 0. The second-order valence-corrected chi connectivity index (χ2v) is 6.76. The van der Waals surface area contributed by atoms with E-state index in [-0.39, 0.29) is 11.0 Å². The molecule has 0 radical (unpaired) electrons. The summed E-state index contributed by atoms with van der Waals surface area (Å²) in [6.07, 6.45) is 6.40. The lowest BCUT2D eigenvalue weighted by molar-refractivity contribution is 0.0728. The lowest BCUT2D eigenvalue weighted by Crippen LogP contribution is -2.51. The summed E-state index contributed by atoms with van der Waals surface area (Å²) in [5.74, 6) is 1.25. The van der Waals surface area contributed by atoms with Gasteiger partial charge < -0.3 is 10.5 Å². The first kappa shape index (κ1) is 14.3. The average molecular weight is 262 g/mol. The maximum absolute atomic E-state index is 6.84. The second-order valence-electron chi connectivity index (χ2n) is 6.76. The Bertz CT molecular complexity index is 439. The average Bonchev–Trinajstić information content (AvgIpc) is 2.38. The molecule has 19 heavy (non-hydrogen) atoms. The van der Waals surface area contributed by atoms with Crippen molar-refractivity contribution in [3.63, 3.8) is 0 Å². The van der Waals surface area contributed by atoms with Crippen LogP contribution >= 0.6 is 0 Å². The molecule has 1 aromatic heterocycles. The maximum Gasteiger partial charge on any atom is 0.142 e. The normalized spacial score (nSPS) is 28.2. The van der Waals surface area contributed by atoms with Crippen LogP contribution in [-0.2, 0) is 5.54 Å². The van der Waals surface area contributed by atoms with Crippen molar-refractivity contribution in [1.82, 2.24) is 4.98 Å². The van der Waals surface area contributed by atoms with Gasteiger partial charge in [0.2, 0.25) is 0 Å².